The average molecular weight is 811 g/mol. The molecule has 49 heavy (non-hydrogen) atoms. The molecule has 2 aliphatic rings. The first-order chi connectivity index (χ1) is 23.2. The number of aromatic nitrogens is 2. The van der Waals surface area contributed by atoms with Crippen LogP contribution in [0.15, 0.2) is 122 Å². The number of hydrogen-bond acceptors (Lipinski definition) is 2. The Bertz CT molecular complexity index is 2370. The van der Waals surface area contributed by atoms with Gasteiger partial charge < -0.3 is 9.97 Å². The Kier molecular flexibility index (Phi) is 8.26. The van der Waals surface area contributed by atoms with E-state index in [2.05, 4.69) is 150 Å². The number of fused-ring (bicyclic) bond motifs is 8. The van der Waals surface area contributed by atoms with Crippen molar-refractivity contribution < 1.29 is 20.1 Å². The third-order valence-electron chi connectivity index (χ3n) is 10.6. The number of hydrogen-bond donors (Lipinski definition) is 0. The molecule has 0 amide bonds. The molecule has 2 aromatic heterocycles. The predicted octanol–water partition coefficient (Wildman–Crippen LogP) is 11.5. The zero-order chi connectivity index (χ0) is 33.2. The summed E-state index contributed by atoms with van der Waals surface area (Å²) in [6.07, 6.45) is 3.78. The summed E-state index contributed by atoms with van der Waals surface area (Å²) in [5.74, 6) is 0. The van der Waals surface area contributed by atoms with Gasteiger partial charge in [0.2, 0.25) is 0 Å². The zero-order valence-electron chi connectivity index (χ0n) is 28.8. The van der Waals surface area contributed by atoms with Crippen LogP contribution in [-0.2, 0) is 30.9 Å². The van der Waals surface area contributed by atoms with Gasteiger partial charge in [0.25, 0.3) is 0 Å². The van der Waals surface area contributed by atoms with E-state index in [4.69, 9.17) is 4.98 Å². The van der Waals surface area contributed by atoms with Gasteiger partial charge in [0.05, 0.1) is 0 Å². The summed E-state index contributed by atoms with van der Waals surface area (Å²) >= 11 is 0. The van der Waals surface area contributed by atoms with Gasteiger partial charge in [-0.3, -0.25) is 0 Å². The number of nitrogens with zero attached hydrogens (tertiary/aromatic N) is 2. The van der Waals surface area contributed by atoms with Crippen LogP contribution in [0.1, 0.15) is 61.1 Å². The molecule has 0 bridgehead atoms. The van der Waals surface area contributed by atoms with Crippen LogP contribution in [0.25, 0.3) is 55.5 Å². The van der Waals surface area contributed by atoms with Crippen LogP contribution in [0.3, 0.4) is 0 Å². The van der Waals surface area contributed by atoms with E-state index in [1.807, 2.05) is 30.6 Å². The Morgan fingerprint density at radius 3 is 2.10 bits per heavy atom. The molecule has 0 N–H and O–H groups in total. The SMILES string of the molecule is CC1(C)c2c[c-]c(-c3ccccn3)cc2-c2ccccc21.Cc1c[c-]c(-c2nccc3c2C(C)(C)c2ccc4ccccc4c2-3)cc1C.[Ir]. The molecule has 2 heterocycles. The molecule has 7 aromatic rings. The molecule has 243 valence electrons. The average Bonchev–Trinajstić information content (AvgIpc) is 3.50. The van der Waals surface area contributed by atoms with Gasteiger partial charge in [-0.2, -0.15) is 0 Å². The van der Waals surface area contributed by atoms with Crippen LogP contribution < -0.4 is 0 Å². The van der Waals surface area contributed by atoms with Gasteiger partial charge in [0.15, 0.2) is 0 Å². The Labute approximate surface area is 303 Å². The first kappa shape index (κ1) is 32.8. The third-order valence-corrected chi connectivity index (χ3v) is 10.6. The maximum Gasteiger partial charge on any atom is 0.0167 e. The quantitative estimate of drug-likeness (QED) is 0.163. The van der Waals surface area contributed by atoms with Gasteiger partial charge in [0, 0.05) is 37.9 Å². The first-order valence-electron chi connectivity index (χ1n) is 16.7. The second kappa shape index (κ2) is 12.3. The molecule has 0 spiro atoms. The van der Waals surface area contributed by atoms with Crippen molar-refractivity contribution in [1.29, 1.82) is 0 Å². The van der Waals surface area contributed by atoms with Crippen molar-refractivity contribution in [1.82, 2.24) is 9.97 Å². The van der Waals surface area contributed by atoms with E-state index in [0.717, 1.165) is 22.5 Å². The Balaban J connectivity index is 0.000000156. The monoisotopic (exact) mass is 811 g/mol. The summed E-state index contributed by atoms with van der Waals surface area (Å²) < 4.78 is 0. The Morgan fingerprint density at radius 2 is 1.31 bits per heavy atom. The van der Waals surface area contributed by atoms with Gasteiger partial charge in [-0.05, 0) is 73.1 Å². The van der Waals surface area contributed by atoms with Crippen LogP contribution in [-0.4, -0.2) is 9.97 Å². The fourth-order valence-electron chi connectivity index (χ4n) is 7.84. The molecule has 0 fully saturated rings. The van der Waals surface area contributed by atoms with Crippen LogP contribution in [0.4, 0.5) is 0 Å². The third kappa shape index (κ3) is 5.28. The molecule has 0 aliphatic heterocycles. The zero-order valence-corrected chi connectivity index (χ0v) is 31.2. The Morgan fingerprint density at radius 1 is 0.551 bits per heavy atom. The van der Waals surface area contributed by atoms with E-state index in [0.29, 0.717) is 0 Å². The minimum Gasteiger partial charge on any atom is -0.305 e. The van der Waals surface area contributed by atoms with Crippen LogP contribution in [0.2, 0.25) is 0 Å². The maximum atomic E-state index is 4.82. The topological polar surface area (TPSA) is 25.8 Å². The van der Waals surface area contributed by atoms with E-state index < -0.39 is 0 Å². The maximum absolute atomic E-state index is 4.82. The van der Waals surface area contributed by atoms with E-state index in [1.165, 1.54) is 66.4 Å². The van der Waals surface area contributed by atoms with Gasteiger partial charge in [-0.15, -0.1) is 64.2 Å². The van der Waals surface area contributed by atoms with Crippen molar-refractivity contribution in [2.75, 3.05) is 0 Å². The second-order valence-electron chi connectivity index (χ2n) is 14.2. The summed E-state index contributed by atoms with van der Waals surface area (Å²) in [6, 6.07) is 45.6. The van der Waals surface area contributed by atoms with Crippen LogP contribution in [0.5, 0.6) is 0 Å². The minimum absolute atomic E-state index is 0. The summed E-state index contributed by atoms with van der Waals surface area (Å²) in [5, 5.41) is 2.61. The molecular formula is C46H38IrN2-2. The molecule has 2 aliphatic carbocycles. The number of pyridine rings is 2. The minimum atomic E-state index is -0.0923. The summed E-state index contributed by atoms with van der Waals surface area (Å²) in [7, 11) is 0. The fourth-order valence-corrected chi connectivity index (χ4v) is 7.84. The van der Waals surface area contributed by atoms with E-state index in [1.54, 1.807) is 0 Å². The van der Waals surface area contributed by atoms with Gasteiger partial charge in [-0.25, -0.2) is 0 Å². The van der Waals surface area contributed by atoms with E-state index in [-0.39, 0.29) is 30.9 Å². The molecule has 1 radical (unpaired) electrons. The predicted molar refractivity (Wildman–Crippen MR) is 199 cm³/mol. The summed E-state index contributed by atoms with van der Waals surface area (Å²) in [6.45, 7) is 13.5. The molecule has 0 saturated heterocycles. The Hall–Kier alpha value is -4.69. The molecule has 3 heteroatoms. The number of aryl methyl sites for hydroxylation is 2. The second-order valence-corrected chi connectivity index (χ2v) is 14.2. The molecule has 2 nitrogen and oxygen atoms in total. The smallest absolute Gasteiger partial charge is 0.0167 e. The molecule has 5 aromatic carbocycles. The van der Waals surface area contributed by atoms with Crippen molar-refractivity contribution in [3.05, 3.63) is 167 Å². The number of benzene rings is 5. The molecule has 0 unspecified atom stereocenters. The van der Waals surface area contributed by atoms with Crippen molar-refractivity contribution >= 4 is 10.8 Å². The van der Waals surface area contributed by atoms with Gasteiger partial charge in [0.1, 0.15) is 0 Å². The van der Waals surface area contributed by atoms with Gasteiger partial charge in [-0.1, -0.05) is 120 Å². The standard InChI is InChI=1S/C26H22N.C20H16N.Ir/c1-16-9-10-19(15-17(16)2)25-24-21(13-14-27-25)23-20-8-6-5-7-18(20)11-12-22(23)26(24,3)4;1-20(2)17-8-4-3-7-15(17)16-13-14(10-11-18(16)20)19-9-5-6-12-21-19;/h5-9,11-15H,1-4H3;3-9,11-13H,1-2H3;/q2*-1;. The van der Waals surface area contributed by atoms with Crippen molar-refractivity contribution in [3.63, 3.8) is 0 Å². The first-order valence-corrected chi connectivity index (χ1v) is 16.7. The summed E-state index contributed by atoms with van der Waals surface area (Å²) in [5.41, 5.74) is 17.4. The van der Waals surface area contributed by atoms with E-state index in [9.17, 15) is 0 Å². The summed E-state index contributed by atoms with van der Waals surface area (Å²) in [4.78, 5) is 9.25. The van der Waals surface area contributed by atoms with E-state index >= 15 is 0 Å². The number of rotatable bonds is 2. The van der Waals surface area contributed by atoms with Crippen molar-refractivity contribution in [2.45, 2.75) is 52.4 Å². The van der Waals surface area contributed by atoms with Crippen LogP contribution in [0, 0.1) is 26.0 Å². The van der Waals surface area contributed by atoms with Gasteiger partial charge >= 0.3 is 0 Å². The fraction of sp³-hybridized carbons (Fsp3) is 0.174. The van der Waals surface area contributed by atoms with Crippen LogP contribution >= 0.6 is 0 Å². The van der Waals surface area contributed by atoms with Crippen molar-refractivity contribution in [3.8, 4) is 44.8 Å². The normalized spacial score (nSPS) is 14.1. The molecular weight excluding hydrogens is 773 g/mol. The van der Waals surface area contributed by atoms with Crippen molar-refractivity contribution in [2.24, 2.45) is 0 Å². The molecule has 0 atom stereocenters. The largest absolute Gasteiger partial charge is 0.305 e. The molecule has 9 rings (SSSR count). The molecule has 0 saturated carbocycles.